The highest BCUT2D eigenvalue weighted by Crippen LogP contribution is 2.26. The maximum atomic E-state index is 6.13. The quantitative estimate of drug-likeness (QED) is 0.836. The Balaban J connectivity index is 2.15. The fourth-order valence-electron chi connectivity index (χ4n) is 1.61. The molecular formula is C10H15N3O2S. The molecule has 6 heteroatoms. The van der Waals surface area contributed by atoms with Gasteiger partial charge in [0.1, 0.15) is 5.69 Å². The van der Waals surface area contributed by atoms with Crippen LogP contribution in [0.25, 0.3) is 0 Å². The van der Waals surface area contributed by atoms with Crippen LogP contribution in [0.3, 0.4) is 0 Å². The SMILES string of the molecule is COc1nccnc1C(N)C1CSCCO1. The van der Waals surface area contributed by atoms with Gasteiger partial charge in [-0.05, 0) is 0 Å². The molecule has 0 aliphatic carbocycles. The van der Waals surface area contributed by atoms with Gasteiger partial charge in [0, 0.05) is 23.9 Å². The van der Waals surface area contributed by atoms with E-state index < -0.39 is 0 Å². The minimum absolute atomic E-state index is 0.00986. The van der Waals surface area contributed by atoms with Crippen molar-refractivity contribution in [2.24, 2.45) is 5.73 Å². The smallest absolute Gasteiger partial charge is 0.237 e. The second-order valence-electron chi connectivity index (χ2n) is 3.46. The Morgan fingerprint density at radius 1 is 1.56 bits per heavy atom. The van der Waals surface area contributed by atoms with Gasteiger partial charge in [-0.2, -0.15) is 11.8 Å². The summed E-state index contributed by atoms with van der Waals surface area (Å²) in [6, 6.07) is -0.281. The Morgan fingerprint density at radius 2 is 2.38 bits per heavy atom. The second-order valence-corrected chi connectivity index (χ2v) is 4.61. The van der Waals surface area contributed by atoms with Crippen molar-refractivity contribution < 1.29 is 9.47 Å². The van der Waals surface area contributed by atoms with E-state index >= 15 is 0 Å². The van der Waals surface area contributed by atoms with E-state index in [4.69, 9.17) is 15.2 Å². The average molecular weight is 241 g/mol. The number of methoxy groups -OCH3 is 1. The predicted molar refractivity (Wildman–Crippen MR) is 62.6 cm³/mol. The Labute approximate surface area is 98.7 Å². The molecule has 1 saturated heterocycles. The number of nitrogens with zero attached hydrogens (tertiary/aromatic N) is 2. The number of hydrogen-bond donors (Lipinski definition) is 1. The van der Waals surface area contributed by atoms with Crippen LogP contribution in [-0.2, 0) is 4.74 Å². The lowest BCUT2D eigenvalue weighted by molar-refractivity contribution is 0.0551. The Hall–Kier alpha value is -0.850. The summed E-state index contributed by atoms with van der Waals surface area (Å²) in [5.74, 6) is 2.40. The van der Waals surface area contributed by atoms with Crippen LogP contribution >= 0.6 is 11.8 Å². The first kappa shape index (κ1) is 11.6. The van der Waals surface area contributed by atoms with Crippen molar-refractivity contribution in [3.8, 4) is 5.88 Å². The Bertz CT molecular complexity index is 345. The van der Waals surface area contributed by atoms with Crippen molar-refractivity contribution in [1.82, 2.24) is 9.97 Å². The number of rotatable bonds is 3. The van der Waals surface area contributed by atoms with E-state index in [1.807, 2.05) is 11.8 Å². The van der Waals surface area contributed by atoms with Gasteiger partial charge in [0.2, 0.25) is 5.88 Å². The first-order valence-electron chi connectivity index (χ1n) is 5.12. The lowest BCUT2D eigenvalue weighted by Gasteiger charge is -2.27. The van der Waals surface area contributed by atoms with Gasteiger partial charge in [0.15, 0.2) is 0 Å². The first-order chi connectivity index (χ1) is 7.83. The van der Waals surface area contributed by atoms with Crippen LogP contribution < -0.4 is 10.5 Å². The van der Waals surface area contributed by atoms with Gasteiger partial charge in [0.25, 0.3) is 0 Å². The van der Waals surface area contributed by atoms with E-state index in [-0.39, 0.29) is 12.1 Å². The fraction of sp³-hybridized carbons (Fsp3) is 0.600. The van der Waals surface area contributed by atoms with E-state index in [0.717, 1.165) is 18.1 Å². The van der Waals surface area contributed by atoms with E-state index in [1.165, 1.54) is 0 Å². The molecule has 2 N–H and O–H groups in total. The van der Waals surface area contributed by atoms with Crippen LogP contribution in [0.5, 0.6) is 5.88 Å². The van der Waals surface area contributed by atoms with Gasteiger partial charge >= 0.3 is 0 Å². The van der Waals surface area contributed by atoms with E-state index in [0.29, 0.717) is 11.6 Å². The molecule has 2 heterocycles. The van der Waals surface area contributed by atoms with Crippen LogP contribution in [-0.4, -0.2) is 41.3 Å². The van der Waals surface area contributed by atoms with E-state index in [9.17, 15) is 0 Å². The molecule has 16 heavy (non-hydrogen) atoms. The van der Waals surface area contributed by atoms with Crippen molar-refractivity contribution in [3.05, 3.63) is 18.1 Å². The fourth-order valence-corrected chi connectivity index (χ4v) is 2.53. The number of hydrogen-bond acceptors (Lipinski definition) is 6. The van der Waals surface area contributed by atoms with Gasteiger partial charge < -0.3 is 15.2 Å². The summed E-state index contributed by atoms with van der Waals surface area (Å²) in [7, 11) is 1.57. The molecule has 0 radical (unpaired) electrons. The zero-order valence-corrected chi connectivity index (χ0v) is 9.94. The van der Waals surface area contributed by atoms with Gasteiger partial charge in [-0.1, -0.05) is 0 Å². The summed E-state index contributed by atoms with van der Waals surface area (Å²) in [6.07, 6.45) is 3.20. The normalized spacial score (nSPS) is 22.8. The molecule has 1 aliphatic rings. The summed E-state index contributed by atoms with van der Waals surface area (Å²) in [5, 5.41) is 0. The zero-order valence-electron chi connectivity index (χ0n) is 9.13. The Morgan fingerprint density at radius 3 is 3.06 bits per heavy atom. The van der Waals surface area contributed by atoms with Gasteiger partial charge in [-0.3, -0.25) is 4.98 Å². The van der Waals surface area contributed by atoms with Crippen molar-refractivity contribution in [2.75, 3.05) is 25.2 Å². The molecule has 1 fully saturated rings. The monoisotopic (exact) mass is 241 g/mol. The van der Waals surface area contributed by atoms with Crippen LogP contribution in [0, 0.1) is 0 Å². The second kappa shape index (κ2) is 5.47. The highest BCUT2D eigenvalue weighted by molar-refractivity contribution is 7.99. The Kier molecular flexibility index (Phi) is 3.98. The van der Waals surface area contributed by atoms with Crippen molar-refractivity contribution in [1.29, 1.82) is 0 Å². The third-order valence-corrected chi connectivity index (χ3v) is 3.46. The highest BCUT2D eigenvalue weighted by Gasteiger charge is 2.26. The summed E-state index contributed by atoms with van der Waals surface area (Å²) in [6.45, 7) is 0.742. The third kappa shape index (κ3) is 2.45. The van der Waals surface area contributed by atoms with Crippen LogP contribution in [0.2, 0.25) is 0 Å². The molecule has 2 rings (SSSR count). The summed E-state index contributed by atoms with van der Waals surface area (Å²) in [4.78, 5) is 8.31. The molecule has 0 amide bonds. The molecule has 1 aromatic rings. The molecule has 0 aromatic carbocycles. The topological polar surface area (TPSA) is 70.3 Å². The maximum Gasteiger partial charge on any atom is 0.237 e. The van der Waals surface area contributed by atoms with Crippen molar-refractivity contribution in [3.63, 3.8) is 0 Å². The lowest BCUT2D eigenvalue weighted by Crippen LogP contribution is -2.35. The number of thioether (sulfide) groups is 1. The van der Waals surface area contributed by atoms with Crippen molar-refractivity contribution >= 4 is 11.8 Å². The highest BCUT2D eigenvalue weighted by atomic mass is 32.2. The lowest BCUT2D eigenvalue weighted by atomic mass is 10.1. The molecule has 0 saturated carbocycles. The largest absolute Gasteiger partial charge is 0.480 e. The minimum atomic E-state index is -0.281. The van der Waals surface area contributed by atoms with Crippen LogP contribution in [0.4, 0.5) is 0 Å². The molecule has 88 valence electrons. The zero-order chi connectivity index (χ0) is 11.4. The van der Waals surface area contributed by atoms with Gasteiger partial charge in [-0.25, -0.2) is 4.98 Å². The molecule has 0 bridgehead atoms. The minimum Gasteiger partial charge on any atom is -0.480 e. The molecule has 5 nitrogen and oxygen atoms in total. The molecule has 1 aliphatic heterocycles. The summed E-state index contributed by atoms with van der Waals surface area (Å²) < 4.78 is 10.8. The number of nitrogens with two attached hydrogens (primary N) is 1. The van der Waals surface area contributed by atoms with Crippen molar-refractivity contribution in [2.45, 2.75) is 12.1 Å². The van der Waals surface area contributed by atoms with Crippen LogP contribution in [0.1, 0.15) is 11.7 Å². The molecule has 1 aromatic heterocycles. The van der Waals surface area contributed by atoms with Crippen LogP contribution in [0.15, 0.2) is 12.4 Å². The average Bonchev–Trinajstić information content (AvgIpc) is 2.39. The molecule has 2 atom stereocenters. The molecule has 2 unspecified atom stereocenters. The predicted octanol–water partition coefficient (Wildman–Crippen LogP) is 0.617. The van der Waals surface area contributed by atoms with E-state index in [2.05, 4.69) is 9.97 Å². The molecule has 0 spiro atoms. The standard InChI is InChI=1S/C10H15N3O2S/c1-14-10-9(12-2-3-13-10)8(11)7-6-16-5-4-15-7/h2-3,7-8H,4-6,11H2,1H3. The maximum absolute atomic E-state index is 6.13. The third-order valence-electron chi connectivity index (χ3n) is 2.44. The van der Waals surface area contributed by atoms with Gasteiger partial charge in [-0.15, -0.1) is 0 Å². The summed E-state index contributed by atoms with van der Waals surface area (Å²) >= 11 is 1.85. The first-order valence-corrected chi connectivity index (χ1v) is 6.28. The van der Waals surface area contributed by atoms with E-state index in [1.54, 1.807) is 19.5 Å². The number of ether oxygens (including phenoxy) is 2. The van der Waals surface area contributed by atoms with Gasteiger partial charge in [0.05, 0.1) is 25.9 Å². The summed E-state index contributed by atoms with van der Waals surface area (Å²) in [5.41, 5.74) is 6.79. The molecular weight excluding hydrogens is 226 g/mol. The number of aromatic nitrogens is 2.